The molecule has 5 heteroatoms. The molecular weight excluding hydrogens is 326 g/mol. The average molecular weight is 353 g/mol. The number of carbonyl (C=O) groups is 2. The highest BCUT2D eigenvalue weighted by Gasteiger charge is 2.31. The van der Waals surface area contributed by atoms with Crippen LogP contribution in [0.2, 0.25) is 0 Å². The Bertz CT molecular complexity index is 787. The van der Waals surface area contributed by atoms with Crippen LogP contribution in [-0.2, 0) is 16.0 Å². The fourth-order valence-corrected chi connectivity index (χ4v) is 3.91. The third-order valence-electron chi connectivity index (χ3n) is 5.63. The number of hydrogen-bond donors (Lipinski definition) is 3. The Kier molecular flexibility index (Phi) is 4.96. The van der Waals surface area contributed by atoms with E-state index in [1.807, 2.05) is 24.4 Å². The molecular formula is C21H27N3O2. The number of aromatic amines is 1. The van der Waals surface area contributed by atoms with Crippen molar-refractivity contribution in [3.8, 4) is 0 Å². The van der Waals surface area contributed by atoms with Crippen molar-refractivity contribution in [3.05, 3.63) is 36.0 Å². The van der Waals surface area contributed by atoms with Crippen molar-refractivity contribution >= 4 is 22.7 Å². The minimum absolute atomic E-state index is 0.0421. The van der Waals surface area contributed by atoms with E-state index in [0.717, 1.165) is 55.0 Å². The summed E-state index contributed by atoms with van der Waals surface area (Å²) in [4.78, 5) is 28.7. The maximum absolute atomic E-state index is 12.7. The summed E-state index contributed by atoms with van der Waals surface area (Å²) < 4.78 is 0. The van der Waals surface area contributed by atoms with Gasteiger partial charge in [-0.1, -0.05) is 37.5 Å². The lowest BCUT2D eigenvalue weighted by atomic mass is 9.88. The van der Waals surface area contributed by atoms with Crippen LogP contribution in [0.3, 0.4) is 0 Å². The molecule has 138 valence electrons. The number of H-pyrrole nitrogens is 1. The second kappa shape index (κ2) is 7.52. The Morgan fingerprint density at radius 1 is 1.08 bits per heavy atom. The molecule has 2 aliphatic carbocycles. The van der Waals surface area contributed by atoms with Crippen LogP contribution in [0.4, 0.5) is 0 Å². The van der Waals surface area contributed by atoms with Crippen molar-refractivity contribution in [2.45, 2.75) is 63.5 Å². The summed E-state index contributed by atoms with van der Waals surface area (Å²) in [6, 6.07) is 7.85. The summed E-state index contributed by atoms with van der Waals surface area (Å²) in [5.74, 6) is 0.0466. The summed E-state index contributed by atoms with van der Waals surface area (Å²) in [6.45, 7) is 0. The number of para-hydroxylation sites is 1. The fourth-order valence-electron chi connectivity index (χ4n) is 3.91. The molecule has 2 saturated carbocycles. The molecule has 4 rings (SSSR count). The van der Waals surface area contributed by atoms with Crippen LogP contribution in [0.25, 0.3) is 10.9 Å². The number of rotatable bonds is 6. The minimum atomic E-state index is -0.510. The van der Waals surface area contributed by atoms with Gasteiger partial charge >= 0.3 is 0 Å². The fraction of sp³-hybridized carbons (Fsp3) is 0.524. The highest BCUT2D eigenvalue weighted by molar-refractivity contribution is 5.90. The van der Waals surface area contributed by atoms with Gasteiger partial charge in [0.1, 0.15) is 6.04 Å². The lowest BCUT2D eigenvalue weighted by Gasteiger charge is -2.24. The highest BCUT2D eigenvalue weighted by Crippen LogP contribution is 2.25. The van der Waals surface area contributed by atoms with Crippen molar-refractivity contribution in [3.63, 3.8) is 0 Å². The van der Waals surface area contributed by atoms with Crippen LogP contribution < -0.4 is 10.6 Å². The molecule has 1 atom stereocenters. The minimum Gasteiger partial charge on any atom is -0.361 e. The van der Waals surface area contributed by atoms with Crippen molar-refractivity contribution in [1.82, 2.24) is 15.6 Å². The number of hydrogen-bond acceptors (Lipinski definition) is 2. The number of aromatic nitrogens is 1. The van der Waals surface area contributed by atoms with Crippen LogP contribution in [0, 0.1) is 5.92 Å². The standard InChI is InChI=1S/C21H27N3O2/c25-20(14-6-2-1-3-7-14)24-19(21(26)23-16-10-11-16)12-15-13-22-18-9-5-4-8-17(15)18/h4-5,8-9,13-14,16,19,22H,1-3,6-7,10-12H2,(H,23,26)(H,24,25)/t19-/m1/s1. The predicted octanol–water partition coefficient (Wildman–Crippen LogP) is 3.05. The van der Waals surface area contributed by atoms with Crippen LogP contribution in [-0.4, -0.2) is 28.9 Å². The smallest absolute Gasteiger partial charge is 0.243 e. The molecule has 2 aromatic rings. The first-order valence-electron chi connectivity index (χ1n) is 9.86. The Morgan fingerprint density at radius 2 is 1.85 bits per heavy atom. The first-order valence-corrected chi connectivity index (χ1v) is 9.86. The third kappa shape index (κ3) is 3.92. The molecule has 0 aliphatic heterocycles. The van der Waals surface area contributed by atoms with Crippen LogP contribution in [0.1, 0.15) is 50.5 Å². The average Bonchev–Trinajstić information content (AvgIpc) is 3.40. The van der Waals surface area contributed by atoms with Gasteiger partial charge in [0, 0.05) is 35.5 Å². The van der Waals surface area contributed by atoms with Gasteiger partial charge < -0.3 is 15.6 Å². The molecule has 0 spiro atoms. The van der Waals surface area contributed by atoms with Crippen molar-refractivity contribution < 1.29 is 9.59 Å². The predicted molar refractivity (Wildman–Crippen MR) is 102 cm³/mol. The molecule has 0 radical (unpaired) electrons. The van der Waals surface area contributed by atoms with Crippen LogP contribution in [0.15, 0.2) is 30.5 Å². The summed E-state index contributed by atoms with van der Waals surface area (Å²) in [6.07, 6.45) is 9.87. The summed E-state index contributed by atoms with van der Waals surface area (Å²) in [7, 11) is 0. The zero-order chi connectivity index (χ0) is 17.9. The van der Waals surface area contributed by atoms with Crippen molar-refractivity contribution in [2.24, 2.45) is 5.92 Å². The van der Waals surface area contributed by atoms with E-state index in [0.29, 0.717) is 12.5 Å². The Labute approximate surface area is 153 Å². The summed E-state index contributed by atoms with van der Waals surface area (Å²) in [5, 5.41) is 7.23. The Hall–Kier alpha value is -2.30. The zero-order valence-electron chi connectivity index (χ0n) is 15.1. The maximum atomic E-state index is 12.7. The van der Waals surface area contributed by atoms with Gasteiger partial charge in [0.05, 0.1) is 0 Å². The largest absolute Gasteiger partial charge is 0.361 e. The van der Waals surface area contributed by atoms with Gasteiger partial charge in [-0.15, -0.1) is 0 Å². The summed E-state index contributed by atoms with van der Waals surface area (Å²) >= 11 is 0. The van der Waals surface area contributed by atoms with E-state index >= 15 is 0 Å². The number of nitrogens with one attached hydrogen (secondary N) is 3. The van der Waals surface area contributed by atoms with E-state index in [1.54, 1.807) is 0 Å². The highest BCUT2D eigenvalue weighted by atomic mass is 16.2. The lowest BCUT2D eigenvalue weighted by molar-refractivity contribution is -0.131. The lowest BCUT2D eigenvalue weighted by Crippen LogP contribution is -2.50. The molecule has 2 fully saturated rings. The number of benzene rings is 1. The van der Waals surface area contributed by atoms with Gasteiger partial charge in [0.15, 0.2) is 0 Å². The molecule has 1 aromatic carbocycles. The quantitative estimate of drug-likeness (QED) is 0.747. The second-order valence-corrected chi connectivity index (χ2v) is 7.74. The van der Waals surface area contributed by atoms with E-state index in [-0.39, 0.29) is 17.7 Å². The Balaban J connectivity index is 1.50. The van der Waals surface area contributed by atoms with Crippen LogP contribution >= 0.6 is 0 Å². The summed E-state index contributed by atoms with van der Waals surface area (Å²) in [5.41, 5.74) is 2.13. The van der Waals surface area contributed by atoms with Gasteiger partial charge in [-0.3, -0.25) is 9.59 Å². The molecule has 26 heavy (non-hydrogen) atoms. The molecule has 2 aliphatic rings. The molecule has 5 nitrogen and oxygen atoms in total. The van der Waals surface area contributed by atoms with E-state index in [9.17, 15) is 9.59 Å². The Morgan fingerprint density at radius 3 is 2.62 bits per heavy atom. The first kappa shape index (κ1) is 17.1. The van der Waals surface area contributed by atoms with E-state index < -0.39 is 6.04 Å². The maximum Gasteiger partial charge on any atom is 0.243 e. The first-order chi connectivity index (χ1) is 12.7. The number of carbonyl (C=O) groups excluding carboxylic acids is 2. The van der Waals surface area contributed by atoms with E-state index in [4.69, 9.17) is 0 Å². The van der Waals surface area contributed by atoms with Crippen molar-refractivity contribution in [1.29, 1.82) is 0 Å². The SMILES string of the molecule is O=C(N[C@H](Cc1c[nH]c2ccccc12)C(=O)NC1CC1)C1CCCCC1. The van der Waals surface area contributed by atoms with Gasteiger partial charge in [0.2, 0.25) is 11.8 Å². The normalized spacial score (nSPS) is 19.2. The van der Waals surface area contributed by atoms with Gasteiger partial charge in [-0.2, -0.15) is 0 Å². The van der Waals surface area contributed by atoms with E-state index in [2.05, 4.69) is 21.7 Å². The van der Waals surface area contributed by atoms with E-state index in [1.165, 1.54) is 6.42 Å². The third-order valence-corrected chi connectivity index (χ3v) is 5.63. The molecule has 0 saturated heterocycles. The molecule has 3 N–H and O–H groups in total. The molecule has 0 unspecified atom stereocenters. The number of amides is 2. The topological polar surface area (TPSA) is 74.0 Å². The number of fused-ring (bicyclic) bond motifs is 1. The van der Waals surface area contributed by atoms with Crippen molar-refractivity contribution in [2.75, 3.05) is 0 Å². The molecule has 1 heterocycles. The van der Waals surface area contributed by atoms with Crippen LogP contribution in [0.5, 0.6) is 0 Å². The van der Waals surface area contributed by atoms with Gasteiger partial charge in [0.25, 0.3) is 0 Å². The molecule has 1 aromatic heterocycles. The monoisotopic (exact) mass is 353 g/mol. The zero-order valence-corrected chi connectivity index (χ0v) is 15.1. The van der Waals surface area contributed by atoms with Gasteiger partial charge in [-0.05, 0) is 37.3 Å². The second-order valence-electron chi connectivity index (χ2n) is 7.74. The van der Waals surface area contributed by atoms with Gasteiger partial charge in [-0.25, -0.2) is 0 Å². The molecule has 2 amide bonds. The molecule has 0 bridgehead atoms.